The third kappa shape index (κ3) is 3.66. The fraction of sp³-hybridized carbons (Fsp3) is 0.556. The molecule has 2 N–H and O–H groups in total. The van der Waals surface area contributed by atoms with E-state index in [1.807, 2.05) is 6.07 Å². The van der Waals surface area contributed by atoms with Gasteiger partial charge in [-0.2, -0.15) is 0 Å². The fourth-order valence-electron chi connectivity index (χ4n) is 3.42. The number of para-hydroxylation sites is 1. The standard InChI is InChI=1S/C18H25N5O/c1-2-4-16-15(3-1)18(20-14-5-7-19-8-6-14)22-17(21-16)13-23-9-11-24-12-10-23/h1-4,14,19H,5-13H2,(H,20,21,22). The van der Waals surface area contributed by atoms with Gasteiger partial charge in [-0.15, -0.1) is 0 Å². The molecule has 2 fully saturated rings. The van der Waals surface area contributed by atoms with Crippen LogP contribution in [0, 0.1) is 0 Å². The monoisotopic (exact) mass is 327 g/mol. The molecule has 0 spiro atoms. The zero-order chi connectivity index (χ0) is 16.2. The van der Waals surface area contributed by atoms with Gasteiger partial charge in [0.15, 0.2) is 0 Å². The molecule has 0 atom stereocenters. The highest BCUT2D eigenvalue weighted by molar-refractivity contribution is 5.89. The van der Waals surface area contributed by atoms with E-state index in [0.717, 1.165) is 81.3 Å². The second-order valence-electron chi connectivity index (χ2n) is 6.56. The largest absolute Gasteiger partial charge is 0.379 e. The molecule has 0 unspecified atom stereocenters. The summed E-state index contributed by atoms with van der Waals surface area (Å²) in [5.41, 5.74) is 1.02. The van der Waals surface area contributed by atoms with Crippen LogP contribution >= 0.6 is 0 Å². The van der Waals surface area contributed by atoms with E-state index in [2.05, 4.69) is 33.7 Å². The number of nitrogens with one attached hydrogen (secondary N) is 2. The Bertz CT molecular complexity index is 680. The summed E-state index contributed by atoms with van der Waals surface area (Å²) in [5.74, 6) is 1.88. The average Bonchev–Trinajstić information content (AvgIpc) is 2.63. The quantitative estimate of drug-likeness (QED) is 0.890. The van der Waals surface area contributed by atoms with Crippen molar-refractivity contribution in [3.05, 3.63) is 30.1 Å². The number of piperidine rings is 1. The molecule has 1 aromatic carbocycles. The number of hydrogen-bond donors (Lipinski definition) is 2. The Hall–Kier alpha value is -1.76. The van der Waals surface area contributed by atoms with Crippen LogP contribution in [0.15, 0.2) is 24.3 Å². The number of nitrogens with zero attached hydrogens (tertiary/aromatic N) is 3. The van der Waals surface area contributed by atoms with Gasteiger partial charge in [-0.1, -0.05) is 12.1 Å². The van der Waals surface area contributed by atoms with E-state index in [1.165, 1.54) is 0 Å². The highest BCUT2D eigenvalue weighted by atomic mass is 16.5. The molecule has 4 rings (SSSR count). The van der Waals surface area contributed by atoms with E-state index in [0.29, 0.717) is 6.04 Å². The molecule has 0 aliphatic carbocycles. The molecule has 2 aliphatic heterocycles. The van der Waals surface area contributed by atoms with Gasteiger partial charge in [0, 0.05) is 24.5 Å². The minimum absolute atomic E-state index is 0.487. The van der Waals surface area contributed by atoms with Gasteiger partial charge in [-0.25, -0.2) is 9.97 Å². The molecule has 2 aliphatic rings. The molecule has 2 aromatic rings. The van der Waals surface area contributed by atoms with Crippen LogP contribution in [0.1, 0.15) is 18.7 Å². The van der Waals surface area contributed by atoms with Gasteiger partial charge in [0.2, 0.25) is 0 Å². The topological polar surface area (TPSA) is 62.3 Å². The normalized spacial score (nSPS) is 20.3. The Morgan fingerprint density at radius 3 is 2.75 bits per heavy atom. The summed E-state index contributed by atoms with van der Waals surface area (Å²) in [6, 6.07) is 8.77. The predicted molar refractivity (Wildman–Crippen MR) is 95.1 cm³/mol. The van der Waals surface area contributed by atoms with Gasteiger partial charge in [0.1, 0.15) is 11.6 Å². The summed E-state index contributed by atoms with van der Waals surface area (Å²) in [6.07, 6.45) is 2.27. The predicted octanol–water partition coefficient (Wildman–Crippen LogP) is 1.63. The first kappa shape index (κ1) is 15.7. The van der Waals surface area contributed by atoms with Crippen molar-refractivity contribution >= 4 is 16.7 Å². The van der Waals surface area contributed by atoms with Crippen molar-refractivity contribution < 1.29 is 4.74 Å². The summed E-state index contributed by atoms with van der Waals surface area (Å²) >= 11 is 0. The summed E-state index contributed by atoms with van der Waals surface area (Å²) in [5, 5.41) is 8.19. The lowest BCUT2D eigenvalue weighted by atomic mass is 10.1. The fourth-order valence-corrected chi connectivity index (χ4v) is 3.42. The maximum Gasteiger partial charge on any atom is 0.145 e. The molecule has 1 aromatic heterocycles. The van der Waals surface area contributed by atoms with Crippen LogP contribution in [-0.2, 0) is 11.3 Å². The van der Waals surface area contributed by atoms with E-state index in [-0.39, 0.29) is 0 Å². The number of morpholine rings is 1. The summed E-state index contributed by atoms with van der Waals surface area (Å²) in [7, 11) is 0. The Balaban J connectivity index is 1.60. The summed E-state index contributed by atoms with van der Waals surface area (Å²) in [6.45, 7) is 6.43. The van der Waals surface area contributed by atoms with Crippen molar-refractivity contribution in [1.29, 1.82) is 0 Å². The van der Waals surface area contributed by atoms with Gasteiger partial charge in [-0.3, -0.25) is 4.90 Å². The lowest BCUT2D eigenvalue weighted by Crippen LogP contribution is -2.37. The van der Waals surface area contributed by atoms with Crippen molar-refractivity contribution in [2.75, 3.05) is 44.7 Å². The Kier molecular flexibility index (Phi) is 4.87. The lowest BCUT2D eigenvalue weighted by Gasteiger charge is -2.27. The number of anilines is 1. The smallest absolute Gasteiger partial charge is 0.145 e. The van der Waals surface area contributed by atoms with Gasteiger partial charge in [0.25, 0.3) is 0 Å². The molecular weight excluding hydrogens is 302 g/mol. The lowest BCUT2D eigenvalue weighted by molar-refractivity contribution is 0.0331. The Morgan fingerprint density at radius 2 is 1.92 bits per heavy atom. The molecule has 0 amide bonds. The SMILES string of the molecule is c1ccc2c(NC3CCNCC3)nc(CN3CCOCC3)nc2c1. The molecule has 128 valence electrons. The van der Waals surface area contributed by atoms with Gasteiger partial charge in [-0.05, 0) is 38.1 Å². The van der Waals surface area contributed by atoms with E-state index < -0.39 is 0 Å². The third-order valence-electron chi connectivity index (χ3n) is 4.80. The van der Waals surface area contributed by atoms with Crippen LogP contribution in [0.4, 0.5) is 5.82 Å². The molecule has 2 saturated heterocycles. The number of fused-ring (bicyclic) bond motifs is 1. The zero-order valence-corrected chi connectivity index (χ0v) is 14.0. The molecule has 0 bridgehead atoms. The van der Waals surface area contributed by atoms with E-state index >= 15 is 0 Å². The van der Waals surface area contributed by atoms with Gasteiger partial charge < -0.3 is 15.4 Å². The van der Waals surface area contributed by atoms with Crippen LogP contribution in [0.2, 0.25) is 0 Å². The minimum atomic E-state index is 0.487. The second-order valence-corrected chi connectivity index (χ2v) is 6.56. The molecule has 0 radical (unpaired) electrons. The molecule has 24 heavy (non-hydrogen) atoms. The number of ether oxygens (including phenoxy) is 1. The first-order valence-electron chi connectivity index (χ1n) is 8.91. The van der Waals surface area contributed by atoms with E-state index in [1.54, 1.807) is 0 Å². The van der Waals surface area contributed by atoms with Crippen molar-refractivity contribution in [3.8, 4) is 0 Å². The Labute approximate surface area is 142 Å². The van der Waals surface area contributed by atoms with Crippen LogP contribution in [0.3, 0.4) is 0 Å². The zero-order valence-electron chi connectivity index (χ0n) is 14.0. The highest BCUT2D eigenvalue weighted by Gasteiger charge is 2.17. The first-order valence-corrected chi connectivity index (χ1v) is 8.91. The molecule has 6 nitrogen and oxygen atoms in total. The summed E-state index contributed by atoms with van der Waals surface area (Å²) in [4.78, 5) is 12.0. The van der Waals surface area contributed by atoms with Crippen molar-refractivity contribution in [2.45, 2.75) is 25.4 Å². The van der Waals surface area contributed by atoms with Crippen LogP contribution in [0.25, 0.3) is 10.9 Å². The Morgan fingerprint density at radius 1 is 1.12 bits per heavy atom. The molecule has 6 heteroatoms. The number of aromatic nitrogens is 2. The van der Waals surface area contributed by atoms with Crippen LogP contribution in [0.5, 0.6) is 0 Å². The second kappa shape index (κ2) is 7.42. The summed E-state index contributed by atoms with van der Waals surface area (Å²) < 4.78 is 5.43. The third-order valence-corrected chi connectivity index (χ3v) is 4.80. The molecule has 3 heterocycles. The molecular formula is C18H25N5O. The first-order chi connectivity index (χ1) is 11.9. The minimum Gasteiger partial charge on any atom is -0.379 e. The van der Waals surface area contributed by atoms with E-state index in [9.17, 15) is 0 Å². The van der Waals surface area contributed by atoms with Crippen molar-refractivity contribution in [1.82, 2.24) is 20.2 Å². The van der Waals surface area contributed by atoms with Crippen molar-refractivity contribution in [3.63, 3.8) is 0 Å². The van der Waals surface area contributed by atoms with E-state index in [4.69, 9.17) is 14.7 Å². The number of hydrogen-bond acceptors (Lipinski definition) is 6. The van der Waals surface area contributed by atoms with Gasteiger partial charge >= 0.3 is 0 Å². The molecule has 0 saturated carbocycles. The number of benzene rings is 1. The van der Waals surface area contributed by atoms with Crippen LogP contribution in [-0.4, -0.2) is 60.3 Å². The van der Waals surface area contributed by atoms with Crippen molar-refractivity contribution in [2.24, 2.45) is 0 Å². The van der Waals surface area contributed by atoms with Crippen LogP contribution < -0.4 is 10.6 Å². The maximum absolute atomic E-state index is 5.43. The average molecular weight is 327 g/mol. The van der Waals surface area contributed by atoms with Gasteiger partial charge in [0.05, 0.1) is 25.3 Å². The number of rotatable bonds is 4. The highest BCUT2D eigenvalue weighted by Crippen LogP contribution is 2.23. The maximum atomic E-state index is 5.43.